The molecule has 3 nitrogen and oxygen atoms in total. The van der Waals surface area contributed by atoms with Gasteiger partial charge >= 0.3 is 5.97 Å². The number of methoxy groups -OCH3 is 1. The third-order valence-corrected chi connectivity index (χ3v) is 3.28. The largest absolute Gasteiger partial charge is 0.465 e. The summed E-state index contributed by atoms with van der Waals surface area (Å²) in [7, 11) is 1.40. The summed E-state index contributed by atoms with van der Waals surface area (Å²) in [4.78, 5) is 11.4. The van der Waals surface area contributed by atoms with Crippen molar-refractivity contribution >= 4 is 21.9 Å². The topological polar surface area (TPSA) is 38.3 Å². The van der Waals surface area contributed by atoms with Gasteiger partial charge in [-0.2, -0.15) is 0 Å². The summed E-state index contributed by atoms with van der Waals surface area (Å²) in [5, 5.41) is 3.28. The van der Waals surface area contributed by atoms with Crippen LogP contribution in [0.25, 0.3) is 0 Å². The minimum absolute atomic E-state index is 0.288. The van der Waals surface area contributed by atoms with Gasteiger partial charge in [-0.25, -0.2) is 4.79 Å². The molecule has 0 saturated carbocycles. The standard InChI is InChI=1S/C11H12BrNO2/c1-15-11(14)7-4-8-6-13-3-2-9(8)10(12)5-7/h4-5,13H,2-3,6H2,1H3. The molecule has 0 amide bonds. The van der Waals surface area contributed by atoms with E-state index in [4.69, 9.17) is 4.74 Å². The van der Waals surface area contributed by atoms with Gasteiger partial charge in [-0.1, -0.05) is 15.9 Å². The van der Waals surface area contributed by atoms with E-state index in [0.29, 0.717) is 5.56 Å². The smallest absolute Gasteiger partial charge is 0.337 e. The lowest BCUT2D eigenvalue weighted by molar-refractivity contribution is 0.0600. The molecule has 0 radical (unpaired) electrons. The Labute approximate surface area is 96.9 Å². The second-order valence-corrected chi connectivity index (χ2v) is 4.37. The number of hydrogen-bond acceptors (Lipinski definition) is 3. The van der Waals surface area contributed by atoms with Gasteiger partial charge in [0.2, 0.25) is 0 Å². The number of rotatable bonds is 1. The molecule has 1 aromatic carbocycles. The van der Waals surface area contributed by atoms with Crippen LogP contribution in [0.3, 0.4) is 0 Å². The van der Waals surface area contributed by atoms with E-state index >= 15 is 0 Å². The summed E-state index contributed by atoms with van der Waals surface area (Å²) in [5.74, 6) is -0.288. The minimum atomic E-state index is -0.288. The Balaban J connectivity index is 2.45. The van der Waals surface area contributed by atoms with E-state index in [2.05, 4.69) is 21.2 Å². The number of halogens is 1. The van der Waals surface area contributed by atoms with Gasteiger partial charge in [0.1, 0.15) is 0 Å². The first-order valence-corrected chi connectivity index (χ1v) is 5.62. The van der Waals surface area contributed by atoms with Crippen molar-refractivity contribution in [2.75, 3.05) is 13.7 Å². The number of benzene rings is 1. The van der Waals surface area contributed by atoms with E-state index in [-0.39, 0.29) is 5.97 Å². The average molecular weight is 270 g/mol. The highest BCUT2D eigenvalue weighted by Crippen LogP contribution is 2.25. The fourth-order valence-electron chi connectivity index (χ4n) is 1.80. The van der Waals surface area contributed by atoms with Gasteiger partial charge in [-0.3, -0.25) is 0 Å². The van der Waals surface area contributed by atoms with Crippen LogP contribution in [0, 0.1) is 0 Å². The Kier molecular flexibility index (Phi) is 3.07. The number of nitrogens with one attached hydrogen (secondary N) is 1. The molecule has 0 atom stereocenters. The molecule has 1 N–H and O–H groups in total. The SMILES string of the molecule is COC(=O)c1cc(Br)c2c(c1)CNCC2. The Morgan fingerprint density at radius 2 is 2.33 bits per heavy atom. The van der Waals surface area contributed by atoms with Gasteiger partial charge in [0.15, 0.2) is 0 Å². The molecular formula is C11H12BrNO2. The zero-order valence-electron chi connectivity index (χ0n) is 8.47. The summed E-state index contributed by atoms with van der Waals surface area (Å²) < 4.78 is 5.70. The van der Waals surface area contributed by atoms with Crippen LogP contribution in [-0.4, -0.2) is 19.6 Å². The van der Waals surface area contributed by atoms with Crippen LogP contribution >= 0.6 is 15.9 Å². The molecule has 15 heavy (non-hydrogen) atoms. The second-order valence-electron chi connectivity index (χ2n) is 3.51. The minimum Gasteiger partial charge on any atom is -0.465 e. The quantitative estimate of drug-likeness (QED) is 0.792. The summed E-state index contributed by atoms with van der Waals surface area (Å²) in [6.07, 6.45) is 0.997. The first kappa shape index (κ1) is 10.6. The first-order chi connectivity index (χ1) is 7.22. The van der Waals surface area contributed by atoms with E-state index in [9.17, 15) is 4.79 Å². The molecule has 1 aliphatic heterocycles. The molecule has 0 fully saturated rings. The molecular weight excluding hydrogens is 258 g/mol. The maximum absolute atomic E-state index is 11.4. The van der Waals surface area contributed by atoms with Gasteiger partial charge in [-0.05, 0) is 36.2 Å². The van der Waals surface area contributed by atoms with E-state index in [1.54, 1.807) is 0 Å². The van der Waals surface area contributed by atoms with Crippen molar-refractivity contribution in [1.29, 1.82) is 0 Å². The van der Waals surface area contributed by atoms with E-state index in [0.717, 1.165) is 24.0 Å². The molecule has 2 rings (SSSR count). The van der Waals surface area contributed by atoms with Crippen molar-refractivity contribution < 1.29 is 9.53 Å². The first-order valence-electron chi connectivity index (χ1n) is 4.82. The van der Waals surface area contributed by atoms with Crippen LogP contribution in [0.2, 0.25) is 0 Å². The predicted molar refractivity (Wildman–Crippen MR) is 60.9 cm³/mol. The zero-order valence-corrected chi connectivity index (χ0v) is 10.1. The summed E-state index contributed by atoms with van der Waals surface area (Å²) in [6.45, 7) is 1.81. The maximum Gasteiger partial charge on any atom is 0.337 e. The van der Waals surface area contributed by atoms with Crippen molar-refractivity contribution in [3.05, 3.63) is 33.3 Å². The van der Waals surface area contributed by atoms with Crippen LogP contribution in [0.5, 0.6) is 0 Å². The molecule has 0 unspecified atom stereocenters. The number of carbonyl (C=O) groups excluding carboxylic acids is 1. The van der Waals surface area contributed by atoms with Crippen LogP contribution < -0.4 is 5.32 Å². The van der Waals surface area contributed by atoms with Crippen LogP contribution in [-0.2, 0) is 17.7 Å². The van der Waals surface area contributed by atoms with Crippen molar-refractivity contribution in [3.8, 4) is 0 Å². The van der Waals surface area contributed by atoms with Crippen molar-refractivity contribution in [2.45, 2.75) is 13.0 Å². The summed E-state index contributed by atoms with van der Waals surface area (Å²) in [5.41, 5.74) is 3.07. The molecule has 4 heteroatoms. The lowest BCUT2D eigenvalue weighted by Gasteiger charge is -2.19. The molecule has 1 aromatic rings. The summed E-state index contributed by atoms with van der Waals surface area (Å²) in [6, 6.07) is 3.73. The monoisotopic (exact) mass is 269 g/mol. The molecule has 0 aromatic heterocycles. The predicted octanol–water partition coefficient (Wildman–Crippen LogP) is 1.88. The van der Waals surface area contributed by atoms with Gasteiger partial charge in [0.05, 0.1) is 12.7 Å². The lowest BCUT2D eigenvalue weighted by Crippen LogP contribution is -2.24. The highest BCUT2D eigenvalue weighted by molar-refractivity contribution is 9.10. The molecule has 0 saturated heterocycles. The normalized spacial score (nSPS) is 14.5. The molecule has 1 heterocycles. The number of ether oxygens (including phenoxy) is 1. The van der Waals surface area contributed by atoms with Gasteiger partial charge in [-0.15, -0.1) is 0 Å². The van der Waals surface area contributed by atoms with Gasteiger partial charge < -0.3 is 10.1 Å². The Morgan fingerprint density at radius 3 is 3.07 bits per heavy atom. The molecule has 0 bridgehead atoms. The fraction of sp³-hybridized carbons (Fsp3) is 0.364. The molecule has 0 aliphatic carbocycles. The van der Waals surface area contributed by atoms with E-state index in [1.165, 1.54) is 18.2 Å². The number of fused-ring (bicyclic) bond motifs is 1. The number of esters is 1. The number of carbonyl (C=O) groups is 1. The van der Waals surface area contributed by atoms with Crippen LogP contribution in [0.4, 0.5) is 0 Å². The molecule has 0 spiro atoms. The lowest BCUT2D eigenvalue weighted by atomic mass is 9.98. The second kappa shape index (κ2) is 4.33. The van der Waals surface area contributed by atoms with Crippen LogP contribution in [0.15, 0.2) is 16.6 Å². The average Bonchev–Trinajstić information content (AvgIpc) is 2.28. The number of hydrogen-bond donors (Lipinski definition) is 1. The van der Waals surface area contributed by atoms with Crippen molar-refractivity contribution in [1.82, 2.24) is 5.32 Å². The van der Waals surface area contributed by atoms with Gasteiger partial charge in [0.25, 0.3) is 0 Å². The van der Waals surface area contributed by atoms with Crippen LogP contribution in [0.1, 0.15) is 21.5 Å². The van der Waals surface area contributed by atoms with E-state index in [1.807, 2.05) is 12.1 Å². The van der Waals surface area contributed by atoms with E-state index < -0.39 is 0 Å². The zero-order chi connectivity index (χ0) is 10.8. The third-order valence-electron chi connectivity index (χ3n) is 2.58. The maximum atomic E-state index is 11.4. The molecule has 1 aliphatic rings. The fourth-order valence-corrected chi connectivity index (χ4v) is 2.50. The van der Waals surface area contributed by atoms with Crippen molar-refractivity contribution in [2.24, 2.45) is 0 Å². The highest BCUT2D eigenvalue weighted by atomic mass is 79.9. The molecule has 80 valence electrons. The van der Waals surface area contributed by atoms with Gasteiger partial charge in [0, 0.05) is 11.0 Å². The van der Waals surface area contributed by atoms with Crippen molar-refractivity contribution in [3.63, 3.8) is 0 Å². The highest BCUT2D eigenvalue weighted by Gasteiger charge is 2.16. The third kappa shape index (κ3) is 2.06. The Bertz CT molecular complexity index is 404. The Hall–Kier alpha value is -0.870. The summed E-state index contributed by atoms with van der Waals surface area (Å²) >= 11 is 3.49. The Morgan fingerprint density at radius 1 is 1.53 bits per heavy atom.